The zero-order valence-corrected chi connectivity index (χ0v) is 13.3. The second-order valence-electron chi connectivity index (χ2n) is 4.91. The summed E-state index contributed by atoms with van der Waals surface area (Å²) in [5.74, 6) is 0. The van der Waals surface area contributed by atoms with Crippen molar-refractivity contribution in [3.63, 3.8) is 0 Å². The lowest BCUT2D eigenvalue weighted by atomic mass is 10.1. The van der Waals surface area contributed by atoms with Gasteiger partial charge in [-0.3, -0.25) is 9.82 Å². The molecule has 1 heterocycles. The van der Waals surface area contributed by atoms with Gasteiger partial charge in [-0.2, -0.15) is 5.10 Å². The fraction of sp³-hybridized carbons (Fsp3) is 0.111. The third-order valence-corrected chi connectivity index (χ3v) is 4.10. The van der Waals surface area contributed by atoms with Crippen LogP contribution in [0.4, 0.5) is 9.52 Å². The third kappa shape index (κ3) is 4.02. The van der Waals surface area contributed by atoms with Crippen LogP contribution in [0.5, 0.6) is 0 Å². The zero-order chi connectivity index (χ0) is 15.9. The molecule has 23 heavy (non-hydrogen) atoms. The number of halogens is 1. The van der Waals surface area contributed by atoms with Crippen LogP contribution in [0.15, 0.2) is 65.1 Å². The van der Waals surface area contributed by atoms with E-state index in [1.807, 2.05) is 60.0 Å². The molecule has 3 rings (SSSR count). The summed E-state index contributed by atoms with van der Waals surface area (Å²) in [6.45, 7) is -0.370. The van der Waals surface area contributed by atoms with Crippen LogP contribution in [0.1, 0.15) is 11.1 Å². The molecule has 0 aliphatic carbocycles. The summed E-state index contributed by atoms with van der Waals surface area (Å²) in [5, 5.41) is 6.93. The molecule has 1 aromatic heterocycles. The van der Waals surface area contributed by atoms with E-state index in [9.17, 15) is 4.39 Å². The first kappa shape index (κ1) is 15.4. The van der Waals surface area contributed by atoms with Gasteiger partial charge in [-0.05, 0) is 11.1 Å². The SMILES string of the molecule is FCCc1ccccc1C=NNc1nc(-c2ccccc2)cs1. The molecule has 3 nitrogen and oxygen atoms in total. The van der Waals surface area contributed by atoms with Crippen molar-refractivity contribution in [2.24, 2.45) is 5.10 Å². The van der Waals surface area contributed by atoms with Crippen molar-refractivity contribution in [1.29, 1.82) is 0 Å². The van der Waals surface area contributed by atoms with Gasteiger partial charge < -0.3 is 0 Å². The maximum absolute atomic E-state index is 12.5. The largest absolute Gasteiger partial charge is 0.253 e. The number of alkyl halides is 1. The summed E-state index contributed by atoms with van der Waals surface area (Å²) >= 11 is 1.50. The Labute approximate surface area is 138 Å². The molecule has 0 aliphatic heterocycles. The number of thiazole rings is 1. The number of benzene rings is 2. The maximum atomic E-state index is 12.5. The third-order valence-electron chi connectivity index (χ3n) is 3.36. The van der Waals surface area contributed by atoms with Crippen LogP contribution in [0.3, 0.4) is 0 Å². The smallest absolute Gasteiger partial charge is 0.203 e. The van der Waals surface area contributed by atoms with Crippen LogP contribution in [0, 0.1) is 0 Å². The Hall–Kier alpha value is -2.53. The molecule has 1 N–H and O–H groups in total. The quantitative estimate of drug-likeness (QED) is 0.524. The number of hydrogen-bond acceptors (Lipinski definition) is 4. The van der Waals surface area contributed by atoms with E-state index in [1.54, 1.807) is 6.21 Å². The van der Waals surface area contributed by atoms with Crippen molar-refractivity contribution >= 4 is 22.7 Å². The second kappa shape index (κ2) is 7.65. The molecule has 0 saturated carbocycles. The first-order valence-corrected chi connectivity index (χ1v) is 8.18. The Kier molecular flexibility index (Phi) is 5.11. The topological polar surface area (TPSA) is 37.3 Å². The van der Waals surface area contributed by atoms with Crippen molar-refractivity contribution in [2.75, 3.05) is 12.1 Å². The maximum Gasteiger partial charge on any atom is 0.203 e. The van der Waals surface area contributed by atoms with Crippen molar-refractivity contribution < 1.29 is 4.39 Å². The Bertz CT molecular complexity index is 784. The molecule has 2 aromatic carbocycles. The average molecular weight is 325 g/mol. The van der Waals surface area contributed by atoms with Gasteiger partial charge in [0, 0.05) is 17.4 Å². The number of nitrogens with one attached hydrogen (secondary N) is 1. The van der Waals surface area contributed by atoms with Crippen molar-refractivity contribution in [3.8, 4) is 11.3 Å². The lowest BCUT2D eigenvalue weighted by molar-refractivity contribution is 0.495. The summed E-state index contributed by atoms with van der Waals surface area (Å²) in [4.78, 5) is 4.50. The zero-order valence-electron chi connectivity index (χ0n) is 12.4. The second-order valence-corrected chi connectivity index (χ2v) is 5.77. The van der Waals surface area contributed by atoms with Gasteiger partial charge in [0.2, 0.25) is 5.13 Å². The lowest BCUT2D eigenvalue weighted by Crippen LogP contribution is -1.96. The van der Waals surface area contributed by atoms with E-state index < -0.39 is 0 Å². The van der Waals surface area contributed by atoms with Crippen LogP contribution in [-0.2, 0) is 6.42 Å². The molecule has 0 fully saturated rings. The van der Waals surface area contributed by atoms with Gasteiger partial charge in [-0.25, -0.2) is 4.98 Å². The van der Waals surface area contributed by atoms with E-state index in [2.05, 4.69) is 15.5 Å². The Morgan fingerprint density at radius 1 is 1.09 bits per heavy atom. The number of aromatic nitrogens is 1. The molecule has 0 atom stereocenters. The van der Waals surface area contributed by atoms with E-state index in [-0.39, 0.29) is 6.67 Å². The van der Waals surface area contributed by atoms with Crippen molar-refractivity contribution in [1.82, 2.24) is 4.98 Å². The predicted octanol–water partition coefficient (Wildman–Crippen LogP) is 4.77. The van der Waals surface area contributed by atoms with Crippen LogP contribution in [-0.4, -0.2) is 17.9 Å². The first-order chi connectivity index (χ1) is 11.4. The number of hydrazone groups is 1. The van der Waals surface area contributed by atoms with Crippen LogP contribution < -0.4 is 5.43 Å². The molecule has 0 unspecified atom stereocenters. The van der Waals surface area contributed by atoms with Gasteiger partial charge in [0.25, 0.3) is 0 Å². The average Bonchev–Trinajstić information content (AvgIpc) is 3.06. The molecule has 0 bridgehead atoms. The molecule has 0 radical (unpaired) electrons. The predicted molar refractivity (Wildman–Crippen MR) is 94.9 cm³/mol. The fourth-order valence-electron chi connectivity index (χ4n) is 2.21. The molecule has 3 aromatic rings. The minimum Gasteiger partial charge on any atom is -0.253 e. The normalized spacial score (nSPS) is 11.0. The van der Waals surface area contributed by atoms with Gasteiger partial charge in [0.05, 0.1) is 18.6 Å². The summed E-state index contributed by atoms with van der Waals surface area (Å²) in [7, 11) is 0. The molecule has 0 amide bonds. The molecule has 0 saturated heterocycles. The minimum absolute atomic E-state index is 0.370. The van der Waals surface area contributed by atoms with E-state index in [1.165, 1.54) is 11.3 Å². The number of hydrogen-bond donors (Lipinski definition) is 1. The molecule has 0 spiro atoms. The van der Waals surface area contributed by atoms with E-state index in [0.29, 0.717) is 6.42 Å². The molecule has 116 valence electrons. The van der Waals surface area contributed by atoms with Gasteiger partial charge in [-0.1, -0.05) is 54.6 Å². The fourth-order valence-corrected chi connectivity index (χ4v) is 2.88. The summed E-state index contributed by atoms with van der Waals surface area (Å²) in [6, 6.07) is 17.7. The number of rotatable bonds is 6. The highest BCUT2D eigenvalue weighted by molar-refractivity contribution is 7.14. The van der Waals surface area contributed by atoms with Crippen LogP contribution in [0.2, 0.25) is 0 Å². The minimum atomic E-state index is -0.370. The van der Waals surface area contributed by atoms with Crippen molar-refractivity contribution in [3.05, 3.63) is 71.1 Å². The Balaban J connectivity index is 1.68. The van der Waals surface area contributed by atoms with Gasteiger partial charge in [0.1, 0.15) is 0 Å². The van der Waals surface area contributed by atoms with E-state index in [4.69, 9.17) is 0 Å². The van der Waals surface area contributed by atoms with Crippen LogP contribution in [0.25, 0.3) is 11.3 Å². The highest BCUT2D eigenvalue weighted by Crippen LogP contribution is 2.24. The summed E-state index contributed by atoms with van der Waals surface area (Å²) in [6.07, 6.45) is 2.10. The lowest BCUT2D eigenvalue weighted by Gasteiger charge is -2.02. The summed E-state index contributed by atoms with van der Waals surface area (Å²) < 4.78 is 12.5. The molecular formula is C18H16FN3S. The molecule has 5 heteroatoms. The van der Waals surface area contributed by atoms with E-state index >= 15 is 0 Å². The van der Waals surface area contributed by atoms with Gasteiger partial charge >= 0.3 is 0 Å². The van der Waals surface area contributed by atoms with Gasteiger partial charge in [-0.15, -0.1) is 11.3 Å². The summed E-state index contributed by atoms with van der Waals surface area (Å²) in [5.41, 5.74) is 6.80. The number of nitrogens with zero attached hydrogens (tertiary/aromatic N) is 2. The number of anilines is 1. The van der Waals surface area contributed by atoms with E-state index in [0.717, 1.165) is 27.5 Å². The standard InChI is InChI=1S/C18H16FN3S/c19-11-10-14-6-4-5-9-16(14)12-20-22-18-21-17(13-23-18)15-7-2-1-3-8-15/h1-9,12-13H,10-11H2,(H,21,22). The molecule has 0 aliphatic rings. The van der Waals surface area contributed by atoms with Gasteiger partial charge in [0.15, 0.2) is 0 Å². The monoisotopic (exact) mass is 325 g/mol. The van der Waals surface area contributed by atoms with Crippen molar-refractivity contribution in [2.45, 2.75) is 6.42 Å². The molecular weight excluding hydrogens is 309 g/mol. The highest BCUT2D eigenvalue weighted by atomic mass is 32.1. The number of aryl methyl sites for hydroxylation is 1. The first-order valence-electron chi connectivity index (χ1n) is 7.31. The Morgan fingerprint density at radius 3 is 2.70 bits per heavy atom. The van der Waals surface area contributed by atoms with Crippen LogP contribution >= 0.6 is 11.3 Å². The Morgan fingerprint density at radius 2 is 1.87 bits per heavy atom. The highest BCUT2D eigenvalue weighted by Gasteiger charge is 2.03.